The van der Waals surface area contributed by atoms with Gasteiger partial charge >= 0.3 is 11.9 Å². The first-order valence-electron chi connectivity index (χ1n) is 11.4. The second kappa shape index (κ2) is 9.45. The van der Waals surface area contributed by atoms with Crippen molar-refractivity contribution in [2.75, 3.05) is 6.61 Å². The van der Waals surface area contributed by atoms with E-state index in [1.165, 1.54) is 35.4 Å². The van der Waals surface area contributed by atoms with Crippen molar-refractivity contribution < 1.29 is 24.2 Å². The van der Waals surface area contributed by atoms with Gasteiger partial charge in [-0.3, -0.25) is 0 Å². The lowest BCUT2D eigenvalue weighted by Gasteiger charge is -2.42. The molecule has 0 fully saturated rings. The monoisotopic (exact) mass is 438 g/mol. The highest BCUT2D eigenvalue weighted by Gasteiger charge is 2.38. The van der Waals surface area contributed by atoms with Crippen LogP contribution in [0.5, 0.6) is 5.75 Å². The fraction of sp³-hybridized carbons (Fsp3) is 0.481. The molecule has 32 heavy (non-hydrogen) atoms. The molecule has 5 heteroatoms. The van der Waals surface area contributed by atoms with Crippen molar-refractivity contribution in [1.82, 2.24) is 0 Å². The molecule has 0 aromatic heterocycles. The van der Waals surface area contributed by atoms with Crippen LogP contribution in [0.3, 0.4) is 0 Å². The predicted molar refractivity (Wildman–Crippen MR) is 124 cm³/mol. The van der Waals surface area contributed by atoms with Crippen molar-refractivity contribution in [2.45, 2.75) is 77.2 Å². The quantitative estimate of drug-likeness (QED) is 0.302. The van der Waals surface area contributed by atoms with E-state index in [9.17, 15) is 9.59 Å². The Labute approximate surface area is 190 Å². The molecule has 0 spiro atoms. The number of carboxylic acid groups (broad SMARTS) is 1. The van der Waals surface area contributed by atoms with E-state index >= 15 is 0 Å². The van der Waals surface area contributed by atoms with Crippen LogP contribution in [0.1, 0.15) is 93.5 Å². The van der Waals surface area contributed by atoms with E-state index in [0.717, 1.165) is 31.2 Å². The van der Waals surface area contributed by atoms with E-state index in [0.29, 0.717) is 12.4 Å². The molecule has 0 saturated carbocycles. The number of carbonyl (C=O) groups is 2. The zero-order chi connectivity index (χ0) is 23.5. The molecule has 1 aliphatic rings. The summed E-state index contributed by atoms with van der Waals surface area (Å²) >= 11 is 0. The molecule has 1 unspecified atom stereocenters. The standard InChI is InChI=1S/C27H34O5/c1-6-7-16-31-23(25(30)32-20-11-8-18(9-12-20)24(28)29)19-10-13-21-22(17-19)27(4,5)15-14-26(21,2)3/h8-13,17,23H,6-7,14-16H2,1-5H3,(H,28,29). The Balaban J connectivity index is 1.91. The van der Waals surface area contributed by atoms with Crippen LogP contribution in [-0.4, -0.2) is 23.7 Å². The van der Waals surface area contributed by atoms with E-state index in [1.807, 2.05) is 6.07 Å². The highest BCUT2D eigenvalue weighted by Crippen LogP contribution is 2.46. The maximum Gasteiger partial charge on any atom is 0.345 e. The fourth-order valence-electron chi connectivity index (χ4n) is 4.25. The Morgan fingerprint density at radius 3 is 2.19 bits per heavy atom. The minimum absolute atomic E-state index is 0.0192. The SMILES string of the molecule is CCCCOC(C(=O)Oc1ccc(C(=O)O)cc1)c1ccc2c(c1)C(C)(C)CCC2(C)C. The van der Waals surface area contributed by atoms with E-state index in [1.54, 1.807) is 0 Å². The summed E-state index contributed by atoms with van der Waals surface area (Å²) in [5, 5.41) is 9.06. The van der Waals surface area contributed by atoms with Crippen LogP contribution in [-0.2, 0) is 20.4 Å². The summed E-state index contributed by atoms with van der Waals surface area (Å²) in [5.74, 6) is -1.23. The molecular formula is C27H34O5. The van der Waals surface area contributed by atoms with Gasteiger partial charge in [-0.05, 0) is 71.0 Å². The summed E-state index contributed by atoms with van der Waals surface area (Å²) in [6, 6.07) is 12.0. The molecule has 3 rings (SSSR count). The molecule has 0 bridgehead atoms. The zero-order valence-electron chi connectivity index (χ0n) is 19.7. The van der Waals surface area contributed by atoms with Crippen molar-refractivity contribution in [3.05, 3.63) is 64.7 Å². The molecule has 1 atom stereocenters. The summed E-state index contributed by atoms with van der Waals surface area (Å²) in [4.78, 5) is 24.2. The number of carboxylic acids is 1. The number of ether oxygens (including phenoxy) is 2. The number of benzene rings is 2. The molecular weight excluding hydrogens is 404 g/mol. The van der Waals surface area contributed by atoms with Gasteiger partial charge < -0.3 is 14.6 Å². The van der Waals surface area contributed by atoms with Gasteiger partial charge in [-0.2, -0.15) is 0 Å². The number of fused-ring (bicyclic) bond motifs is 1. The van der Waals surface area contributed by atoms with Crippen LogP contribution in [0.15, 0.2) is 42.5 Å². The summed E-state index contributed by atoms with van der Waals surface area (Å²) in [6.07, 6.45) is 3.17. The van der Waals surface area contributed by atoms with E-state index < -0.39 is 18.0 Å². The maximum atomic E-state index is 13.1. The summed E-state index contributed by atoms with van der Waals surface area (Å²) in [5.41, 5.74) is 3.62. The molecule has 0 aliphatic heterocycles. The lowest BCUT2D eigenvalue weighted by molar-refractivity contribution is -0.148. The van der Waals surface area contributed by atoms with Gasteiger partial charge in [0.1, 0.15) is 5.75 Å². The van der Waals surface area contributed by atoms with Crippen LogP contribution < -0.4 is 4.74 Å². The van der Waals surface area contributed by atoms with Crippen molar-refractivity contribution in [2.24, 2.45) is 0 Å². The minimum atomic E-state index is -1.02. The Morgan fingerprint density at radius 1 is 0.969 bits per heavy atom. The van der Waals surface area contributed by atoms with Gasteiger partial charge in [-0.1, -0.05) is 59.2 Å². The molecule has 1 N–H and O–H groups in total. The summed E-state index contributed by atoms with van der Waals surface area (Å²) in [7, 11) is 0. The molecule has 0 radical (unpaired) electrons. The van der Waals surface area contributed by atoms with Crippen molar-refractivity contribution in [3.8, 4) is 5.75 Å². The van der Waals surface area contributed by atoms with Crippen molar-refractivity contribution in [3.63, 3.8) is 0 Å². The molecule has 0 amide bonds. The second-order valence-corrected chi connectivity index (χ2v) is 9.93. The molecule has 1 aliphatic carbocycles. The lowest BCUT2D eigenvalue weighted by Crippen LogP contribution is -2.34. The Hall–Kier alpha value is -2.66. The first-order chi connectivity index (χ1) is 15.0. The predicted octanol–water partition coefficient (Wildman–Crippen LogP) is 6.20. The summed E-state index contributed by atoms with van der Waals surface area (Å²) < 4.78 is 11.6. The van der Waals surface area contributed by atoms with Crippen LogP contribution in [0.4, 0.5) is 0 Å². The molecule has 2 aromatic carbocycles. The van der Waals surface area contributed by atoms with Gasteiger partial charge in [0.25, 0.3) is 0 Å². The normalized spacial score (nSPS) is 17.3. The lowest BCUT2D eigenvalue weighted by atomic mass is 9.63. The fourth-order valence-corrected chi connectivity index (χ4v) is 4.25. The number of aromatic carboxylic acids is 1. The highest BCUT2D eigenvalue weighted by atomic mass is 16.6. The van der Waals surface area contributed by atoms with Crippen LogP contribution in [0.25, 0.3) is 0 Å². The van der Waals surface area contributed by atoms with E-state index in [4.69, 9.17) is 14.6 Å². The van der Waals surface area contributed by atoms with Gasteiger partial charge in [0.05, 0.1) is 5.56 Å². The molecule has 0 saturated heterocycles. The van der Waals surface area contributed by atoms with E-state index in [-0.39, 0.29) is 16.4 Å². The second-order valence-electron chi connectivity index (χ2n) is 9.93. The highest BCUT2D eigenvalue weighted by molar-refractivity contribution is 5.88. The smallest absolute Gasteiger partial charge is 0.345 e. The van der Waals surface area contributed by atoms with Crippen LogP contribution in [0, 0.1) is 0 Å². The average molecular weight is 439 g/mol. The number of hydrogen-bond acceptors (Lipinski definition) is 4. The molecule has 5 nitrogen and oxygen atoms in total. The van der Waals surface area contributed by atoms with Crippen molar-refractivity contribution in [1.29, 1.82) is 0 Å². The Bertz CT molecular complexity index is 972. The molecule has 2 aromatic rings. The number of carbonyl (C=O) groups excluding carboxylic acids is 1. The summed E-state index contributed by atoms with van der Waals surface area (Å²) in [6.45, 7) is 11.6. The van der Waals surface area contributed by atoms with Crippen LogP contribution in [0.2, 0.25) is 0 Å². The third kappa shape index (κ3) is 5.21. The number of hydrogen-bond donors (Lipinski definition) is 1. The largest absolute Gasteiger partial charge is 0.478 e. The van der Waals surface area contributed by atoms with Gasteiger partial charge in [0.15, 0.2) is 6.10 Å². The third-order valence-electron chi connectivity index (χ3n) is 6.50. The molecule has 0 heterocycles. The average Bonchev–Trinajstić information content (AvgIpc) is 2.75. The van der Waals surface area contributed by atoms with Crippen LogP contribution >= 0.6 is 0 Å². The number of unbranched alkanes of at least 4 members (excludes halogenated alkanes) is 1. The number of rotatable bonds is 8. The maximum absolute atomic E-state index is 13.1. The van der Waals surface area contributed by atoms with Crippen molar-refractivity contribution >= 4 is 11.9 Å². The molecule has 172 valence electrons. The first kappa shape index (κ1) is 24.0. The van der Waals surface area contributed by atoms with E-state index in [2.05, 4.69) is 46.8 Å². The third-order valence-corrected chi connectivity index (χ3v) is 6.50. The van der Waals surface area contributed by atoms with Gasteiger partial charge in [-0.15, -0.1) is 0 Å². The minimum Gasteiger partial charge on any atom is -0.478 e. The van der Waals surface area contributed by atoms with Gasteiger partial charge in [0, 0.05) is 6.61 Å². The Kier molecular flexibility index (Phi) is 7.09. The van der Waals surface area contributed by atoms with Gasteiger partial charge in [-0.25, -0.2) is 9.59 Å². The van der Waals surface area contributed by atoms with Gasteiger partial charge in [0.2, 0.25) is 0 Å². The number of esters is 1. The zero-order valence-corrected chi connectivity index (χ0v) is 19.7. The topological polar surface area (TPSA) is 72.8 Å². The Morgan fingerprint density at radius 2 is 1.59 bits per heavy atom. The first-order valence-corrected chi connectivity index (χ1v) is 11.4.